The van der Waals surface area contributed by atoms with Gasteiger partial charge in [0.05, 0.1) is 0 Å². The molecule has 0 heterocycles. The van der Waals surface area contributed by atoms with Gasteiger partial charge in [-0.1, -0.05) is 61.5 Å². The summed E-state index contributed by atoms with van der Waals surface area (Å²) in [6.07, 6.45) is 0.524. The van der Waals surface area contributed by atoms with Crippen LogP contribution in [0.4, 0.5) is 0 Å². The molecule has 20 heavy (non-hydrogen) atoms. The average Bonchev–Trinajstić information content (AvgIpc) is 2.47. The Morgan fingerprint density at radius 2 is 1.70 bits per heavy atom. The van der Waals surface area contributed by atoms with E-state index in [1.807, 2.05) is 30.3 Å². The molecular weight excluding hydrogens is 246 g/mol. The molecule has 0 aliphatic rings. The lowest BCUT2D eigenvalue weighted by Crippen LogP contribution is -2.24. The largest absolute Gasteiger partial charge is 0.352 e. The molecule has 2 nitrogen and oxygen atoms in total. The number of hydrogen-bond acceptors (Lipinski definition) is 1. The number of aryl methyl sites for hydroxylation is 1. The molecule has 1 unspecified atom stereocenters. The highest BCUT2D eigenvalue weighted by Crippen LogP contribution is 2.18. The van der Waals surface area contributed by atoms with Gasteiger partial charge in [-0.15, -0.1) is 0 Å². The Morgan fingerprint density at radius 3 is 2.40 bits per heavy atom. The van der Waals surface area contributed by atoms with Gasteiger partial charge in [0, 0.05) is 13.0 Å². The van der Waals surface area contributed by atoms with Crippen LogP contribution in [0, 0.1) is 6.92 Å². The zero-order valence-corrected chi connectivity index (χ0v) is 12.1. The van der Waals surface area contributed by atoms with Gasteiger partial charge in [-0.25, -0.2) is 0 Å². The molecule has 2 rings (SSSR count). The summed E-state index contributed by atoms with van der Waals surface area (Å²) in [4.78, 5) is 12.0. The van der Waals surface area contributed by atoms with Crippen LogP contribution in [0.5, 0.6) is 0 Å². The molecule has 1 amide bonds. The molecule has 0 aliphatic carbocycles. The van der Waals surface area contributed by atoms with Crippen LogP contribution in [-0.4, -0.2) is 5.91 Å². The van der Waals surface area contributed by atoms with Crippen LogP contribution in [-0.2, 0) is 11.3 Å². The molecule has 0 radical (unpaired) electrons. The predicted molar refractivity (Wildman–Crippen MR) is 82.5 cm³/mol. The molecule has 0 saturated carbocycles. The third-order valence-electron chi connectivity index (χ3n) is 3.60. The third-order valence-corrected chi connectivity index (χ3v) is 3.60. The van der Waals surface area contributed by atoms with Crippen molar-refractivity contribution in [3.63, 3.8) is 0 Å². The first-order valence-corrected chi connectivity index (χ1v) is 7.03. The van der Waals surface area contributed by atoms with Gasteiger partial charge >= 0.3 is 0 Å². The van der Waals surface area contributed by atoms with E-state index in [1.165, 1.54) is 16.7 Å². The summed E-state index contributed by atoms with van der Waals surface area (Å²) in [5, 5.41) is 3.00. The fourth-order valence-corrected chi connectivity index (χ4v) is 2.25. The van der Waals surface area contributed by atoms with Crippen molar-refractivity contribution in [2.75, 3.05) is 0 Å². The summed E-state index contributed by atoms with van der Waals surface area (Å²) in [5.74, 6) is 0.345. The van der Waals surface area contributed by atoms with E-state index in [4.69, 9.17) is 0 Å². The van der Waals surface area contributed by atoms with Crippen molar-refractivity contribution in [2.45, 2.75) is 32.7 Å². The van der Waals surface area contributed by atoms with E-state index in [0.29, 0.717) is 13.0 Å². The number of nitrogens with one attached hydrogen (secondary N) is 1. The van der Waals surface area contributed by atoms with E-state index in [2.05, 4.69) is 43.4 Å². The zero-order valence-electron chi connectivity index (χ0n) is 12.1. The second kappa shape index (κ2) is 6.90. The third kappa shape index (κ3) is 3.95. The van der Waals surface area contributed by atoms with Gasteiger partial charge in [0.2, 0.25) is 5.91 Å². The highest BCUT2D eigenvalue weighted by molar-refractivity contribution is 5.76. The minimum absolute atomic E-state index is 0.101. The molecule has 1 atom stereocenters. The summed E-state index contributed by atoms with van der Waals surface area (Å²) in [5.41, 5.74) is 3.59. The first kappa shape index (κ1) is 14.3. The minimum Gasteiger partial charge on any atom is -0.352 e. The van der Waals surface area contributed by atoms with Crippen LogP contribution in [0.25, 0.3) is 0 Å². The van der Waals surface area contributed by atoms with E-state index < -0.39 is 0 Å². The van der Waals surface area contributed by atoms with Crippen molar-refractivity contribution < 1.29 is 4.79 Å². The predicted octanol–water partition coefficient (Wildman–Crippen LogP) is 3.81. The Hall–Kier alpha value is -2.09. The van der Waals surface area contributed by atoms with Crippen LogP contribution in [0.1, 0.15) is 36.0 Å². The number of amides is 1. The fraction of sp³-hybridized carbons (Fsp3) is 0.278. The van der Waals surface area contributed by atoms with E-state index in [-0.39, 0.29) is 11.8 Å². The molecule has 0 aliphatic heterocycles. The van der Waals surface area contributed by atoms with Crippen LogP contribution in [0.3, 0.4) is 0 Å². The second-order valence-electron chi connectivity index (χ2n) is 5.22. The van der Waals surface area contributed by atoms with Gasteiger partial charge in [0.1, 0.15) is 0 Å². The number of benzene rings is 2. The van der Waals surface area contributed by atoms with Gasteiger partial charge in [-0.05, 0) is 29.5 Å². The normalized spacial score (nSPS) is 11.9. The SMILES string of the molecule is Cc1ccccc1CNC(=O)CC(C)c1ccccc1. The topological polar surface area (TPSA) is 29.1 Å². The average molecular weight is 267 g/mol. The molecule has 2 heteroatoms. The maximum atomic E-state index is 12.0. The van der Waals surface area contributed by atoms with Crippen molar-refractivity contribution in [3.05, 3.63) is 71.3 Å². The maximum Gasteiger partial charge on any atom is 0.220 e. The molecule has 0 saturated heterocycles. The fourth-order valence-electron chi connectivity index (χ4n) is 2.25. The van der Waals surface area contributed by atoms with Crippen molar-refractivity contribution >= 4 is 5.91 Å². The smallest absolute Gasteiger partial charge is 0.220 e. The Kier molecular flexibility index (Phi) is 4.94. The van der Waals surface area contributed by atoms with Gasteiger partial charge in [0.15, 0.2) is 0 Å². The Balaban J connectivity index is 1.86. The lowest BCUT2D eigenvalue weighted by atomic mass is 9.97. The van der Waals surface area contributed by atoms with E-state index in [1.54, 1.807) is 0 Å². The van der Waals surface area contributed by atoms with Gasteiger partial charge in [0.25, 0.3) is 0 Å². The molecule has 1 N–H and O–H groups in total. The van der Waals surface area contributed by atoms with Crippen molar-refractivity contribution in [3.8, 4) is 0 Å². The molecular formula is C18H21NO. The zero-order chi connectivity index (χ0) is 14.4. The molecule has 0 bridgehead atoms. The first-order chi connectivity index (χ1) is 9.66. The first-order valence-electron chi connectivity index (χ1n) is 7.03. The van der Waals surface area contributed by atoms with Crippen LogP contribution >= 0.6 is 0 Å². The molecule has 0 aromatic heterocycles. The monoisotopic (exact) mass is 267 g/mol. The number of rotatable bonds is 5. The summed E-state index contributed by atoms with van der Waals surface area (Å²) < 4.78 is 0. The lowest BCUT2D eigenvalue weighted by molar-refractivity contribution is -0.121. The van der Waals surface area contributed by atoms with E-state index >= 15 is 0 Å². The number of carbonyl (C=O) groups excluding carboxylic acids is 1. The minimum atomic E-state index is 0.101. The summed E-state index contributed by atoms with van der Waals surface area (Å²) in [6.45, 7) is 4.75. The molecule has 0 spiro atoms. The van der Waals surface area contributed by atoms with E-state index in [9.17, 15) is 4.79 Å². The lowest BCUT2D eigenvalue weighted by Gasteiger charge is -2.12. The summed E-state index contributed by atoms with van der Waals surface area (Å²) >= 11 is 0. The quantitative estimate of drug-likeness (QED) is 0.877. The van der Waals surface area contributed by atoms with Crippen LogP contribution < -0.4 is 5.32 Å². The summed E-state index contributed by atoms with van der Waals surface area (Å²) in [7, 11) is 0. The standard InChI is InChI=1S/C18H21NO/c1-14-8-6-7-11-17(14)13-19-18(20)12-15(2)16-9-4-3-5-10-16/h3-11,15H,12-13H2,1-2H3,(H,19,20). The number of carbonyl (C=O) groups is 1. The molecule has 2 aromatic carbocycles. The Bertz CT molecular complexity index is 563. The van der Waals surface area contributed by atoms with E-state index in [0.717, 1.165) is 0 Å². The summed E-state index contributed by atoms with van der Waals surface area (Å²) in [6, 6.07) is 18.3. The molecule has 104 valence electrons. The Labute approximate surface area is 120 Å². The van der Waals surface area contributed by atoms with Gasteiger partial charge < -0.3 is 5.32 Å². The van der Waals surface area contributed by atoms with Crippen molar-refractivity contribution in [1.82, 2.24) is 5.32 Å². The van der Waals surface area contributed by atoms with Crippen LogP contribution in [0.15, 0.2) is 54.6 Å². The second-order valence-corrected chi connectivity index (χ2v) is 5.22. The van der Waals surface area contributed by atoms with Crippen molar-refractivity contribution in [2.24, 2.45) is 0 Å². The highest BCUT2D eigenvalue weighted by atomic mass is 16.1. The van der Waals surface area contributed by atoms with Gasteiger partial charge in [-0.2, -0.15) is 0 Å². The van der Waals surface area contributed by atoms with Gasteiger partial charge in [-0.3, -0.25) is 4.79 Å². The van der Waals surface area contributed by atoms with Crippen LogP contribution in [0.2, 0.25) is 0 Å². The van der Waals surface area contributed by atoms with Crippen molar-refractivity contribution in [1.29, 1.82) is 0 Å². The Morgan fingerprint density at radius 1 is 1.05 bits per heavy atom. The number of hydrogen-bond donors (Lipinski definition) is 1. The highest BCUT2D eigenvalue weighted by Gasteiger charge is 2.10. The maximum absolute atomic E-state index is 12.0. The molecule has 0 fully saturated rings. The molecule has 2 aromatic rings.